The van der Waals surface area contributed by atoms with Crippen molar-refractivity contribution in [2.75, 3.05) is 29.3 Å². The zero-order valence-corrected chi connectivity index (χ0v) is 20.5. The van der Waals surface area contributed by atoms with Crippen LogP contribution in [0.15, 0.2) is 66.2 Å². The second kappa shape index (κ2) is 11.5. The van der Waals surface area contributed by atoms with Crippen molar-refractivity contribution in [3.8, 4) is 11.3 Å². The summed E-state index contributed by atoms with van der Waals surface area (Å²) in [5.41, 5.74) is -0.824. The van der Waals surface area contributed by atoms with Crippen molar-refractivity contribution in [3.63, 3.8) is 0 Å². The summed E-state index contributed by atoms with van der Waals surface area (Å²) in [5.74, 6) is 0.152. The number of halogens is 3. The Morgan fingerprint density at radius 1 is 1.06 bits per heavy atom. The molecule has 11 heteroatoms. The molecule has 0 aliphatic heterocycles. The van der Waals surface area contributed by atoms with Gasteiger partial charge in [0.05, 0.1) is 11.3 Å². The maximum Gasteiger partial charge on any atom is 0.418 e. The summed E-state index contributed by atoms with van der Waals surface area (Å²) in [6, 6.07) is 12.6. The Balaban J connectivity index is 1.98. The molecule has 0 saturated carbocycles. The predicted molar refractivity (Wildman–Crippen MR) is 134 cm³/mol. The fourth-order valence-corrected chi connectivity index (χ4v) is 4.57. The first-order valence-corrected chi connectivity index (χ1v) is 12.7. The molecule has 0 atom stereocenters. The number of aromatic nitrogens is 2. The molecule has 7 nitrogen and oxygen atoms in total. The molecule has 0 aliphatic carbocycles. The van der Waals surface area contributed by atoms with Crippen LogP contribution in [0.25, 0.3) is 17.3 Å². The highest BCUT2D eigenvalue weighted by Gasteiger charge is 2.35. The van der Waals surface area contributed by atoms with E-state index in [1.807, 2.05) is 11.8 Å². The molecule has 0 amide bonds. The minimum Gasteiger partial charge on any atom is -0.396 e. The van der Waals surface area contributed by atoms with Crippen LogP contribution in [0.3, 0.4) is 0 Å². The normalized spacial score (nSPS) is 11.8. The van der Waals surface area contributed by atoms with Gasteiger partial charge in [-0.2, -0.15) is 21.6 Å². The monoisotopic (exact) mass is 520 g/mol. The lowest BCUT2D eigenvalue weighted by molar-refractivity contribution is -0.137. The van der Waals surface area contributed by atoms with E-state index in [9.17, 15) is 21.6 Å². The Labute approximate surface area is 208 Å². The SMILES string of the molecule is C=Cc1ccccc1-c1nc(NS(=O)(=O)c2cccc(N(CC)CCCCO)n2)ccc1C(F)(F)F. The van der Waals surface area contributed by atoms with Crippen molar-refractivity contribution in [2.24, 2.45) is 0 Å². The van der Waals surface area contributed by atoms with Crippen molar-refractivity contribution in [3.05, 3.63) is 72.3 Å². The summed E-state index contributed by atoms with van der Waals surface area (Å²) >= 11 is 0. The van der Waals surface area contributed by atoms with Gasteiger partial charge in [0.15, 0.2) is 5.03 Å². The summed E-state index contributed by atoms with van der Waals surface area (Å²) in [6.45, 7) is 6.74. The molecule has 0 aliphatic rings. The first-order valence-electron chi connectivity index (χ1n) is 11.3. The van der Waals surface area contributed by atoms with Gasteiger partial charge < -0.3 is 10.0 Å². The molecule has 192 valence electrons. The topological polar surface area (TPSA) is 95.4 Å². The van der Waals surface area contributed by atoms with Gasteiger partial charge in [-0.25, -0.2) is 9.97 Å². The number of rotatable bonds is 11. The first-order chi connectivity index (χ1) is 17.1. The van der Waals surface area contributed by atoms with Gasteiger partial charge in [-0.1, -0.05) is 43.0 Å². The summed E-state index contributed by atoms with van der Waals surface area (Å²) < 4.78 is 69.6. The van der Waals surface area contributed by atoms with Gasteiger partial charge in [0.1, 0.15) is 11.6 Å². The fourth-order valence-electron chi connectivity index (χ4n) is 3.61. The van der Waals surface area contributed by atoms with Crippen LogP contribution in [0, 0.1) is 0 Å². The minimum absolute atomic E-state index is 0.0582. The molecular formula is C25H27F3N4O3S. The average Bonchev–Trinajstić information content (AvgIpc) is 2.86. The lowest BCUT2D eigenvalue weighted by Gasteiger charge is -2.22. The zero-order valence-electron chi connectivity index (χ0n) is 19.7. The largest absolute Gasteiger partial charge is 0.418 e. The van der Waals surface area contributed by atoms with Crippen molar-refractivity contribution in [2.45, 2.75) is 31.0 Å². The summed E-state index contributed by atoms with van der Waals surface area (Å²) in [4.78, 5) is 10.2. The summed E-state index contributed by atoms with van der Waals surface area (Å²) in [6.07, 6.45) is -1.99. The van der Waals surface area contributed by atoms with E-state index in [0.717, 1.165) is 12.1 Å². The highest BCUT2D eigenvalue weighted by molar-refractivity contribution is 7.92. The van der Waals surface area contributed by atoms with Crippen LogP contribution < -0.4 is 9.62 Å². The van der Waals surface area contributed by atoms with Crippen LogP contribution in [0.2, 0.25) is 0 Å². The molecule has 3 aromatic rings. The number of aliphatic hydroxyl groups is 1. The standard InChI is InChI=1S/C25H27F3N4O3S/c1-3-18-10-5-6-11-19(18)24-20(25(26,27)28)14-15-21(29-24)31-36(34,35)23-13-9-12-22(30-23)32(4-2)16-7-8-17-33/h3,5-6,9-15,33H,1,4,7-8,16-17H2,2H3,(H,29,31). The smallest absolute Gasteiger partial charge is 0.396 e. The molecular weight excluding hydrogens is 493 g/mol. The van der Waals surface area contributed by atoms with E-state index >= 15 is 0 Å². The number of nitrogens with one attached hydrogen (secondary N) is 1. The van der Waals surface area contributed by atoms with Gasteiger partial charge in [0, 0.05) is 25.3 Å². The lowest BCUT2D eigenvalue weighted by atomic mass is 10.00. The first kappa shape index (κ1) is 27.2. The number of aliphatic hydroxyl groups excluding tert-OH is 1. The van der Waals surface area contributed by atoms with Crippen molar-refractivity contribution in [1.29, 1.82) is 0 Å². The Morgan fingerprint density at radius 3 is 2.47 bits per heavy atom. The highest BCUT2D eigenvalue weighted by atomic mass is 32.2. The molecule has 0 bridgehead atoms. The van der Waals surface area contributed by atoms with Crippen LogP contribution in [0.4, 0.5) is 24.8 Å². The third-order valence-electron chi connectivity index (χ3n) is 5.40. The molecule has 2 heterocycles. The van der Waals surface area contributed by atoms with Gasteiger partial charge in [-0.05, 0) is 49.6 Å². The Kier molecular flexibility index (Phi) is 8.70. The van der Waals surface area contributed by atoms with Crippen molar-refractivity contribution < 1.29 is 26.7 Å². The number of sulfonamides is 1. The van der Waals surface area contributed by atoms with E-state index in [1.165, 1.54) is 24.3 Å². The van der Waals surface area contributed by atoms with E-state index < -0.39 is 27.5 Å². The van der Waals surface area contributed by atoms with Gasteiger partial charge in [-0.3, -0.25) is 4.72 Å². The molecule has 3 rings (SSSR count). The van der Waals surface area contributed by atoms with Crippen LogP contribution in [0.5, 0.6) is 0 Å². The molecule has 36 heavy (non-hydrogen) atoms. The van der Waals surface area contributed by atoms with Gasteiger partial charge >= 0.3 is 6.18 Å². The van der Waals surface area contributed by atoms with E-state index in [-0.39, 0.29) is 23.0 Å². The van der Waals surface area contributed by atoms with Crippen LogP contribution in [0.1, 0.15) is 30.9 Å². The average molecular weight is 521 g/mol. The summed E-state index contributed by atoms with van der Waals surface area (Å²) in [7, 11) is -4.26. The van der Waals surface area contributed by atoms with E-state index in [4.69, 9.17) is 5.11 Å². The van der Waals surface area contributed by atoms with Gasteiger partial charge in [0.25, 0.3) is 10.0 Å². The second-order valence-electron chi connectivity index (χ2n) is 7.83. The maximum atomic E-state index is 13.7. The van der Waals surface area contributed by atoms with Crippen LogP contribution >= 0.6 is 0 Å². The summed E-state index contributed by atoms with van der Waals surface area (Å²) in [5, 5.41) is 8.71. The third kappa shape index (κ3) is 6.41. The number of benzene rings is 1. The molecule has 0 unspecified atom stereocenters. The number of nitrogens with zero attached hydrogens (tertiary/aromatic N) is 3. The van der Waals surface area contributed by atoms with E-state index in [0.29, 0.717) is 37.3 Å². The van der Waals surface area contributed by atoms with Gasteiger partial charge in [0.2, 0.25) is 0 Å². The molecule has 1 aromatic carbocycles. The number of unbranched alkanes of at least 4 members (excludes halogenated alkanes) is 1. The predicted octanol–water partition coefficient (Wildman–Crippen LogP) is 5.21. The number of hydrogen-bond donors (Lipinski definition) is 2. The quantitative estimate of drug-likeness (QED) is 0.337. The Hall–Kier alpha value is -3.44. The van der Waals surface area contributed by atoms with Crippen LogP contribution in [-0.2, 0) is 16.2 Å². The highest BCUT2D eigenvalue weighted by Crippen LogP contribution is 2.38. The molecule has 2 N–H and O–H groups in total. The zero-order chi connectivity index (χ0) is 26.3. The molecule has 0 radical (unpaired) electrons. The number of hydrogen-bond acceptors (Lipinski definition) is 6. The Morgan fingerprint density at radius 2 is 1.81 bits per heavy atom. The minimum atomic E-state index is -4.70. The number of alkyl halides is 3. The number of pyridine rings is 2. The van der Waals surface area contributed by atoms with Crippen LogP contribution in [-0.4, -0.2) is 43.2 Å². The van der Waals surface area contributed by atoms with Crippen molar-refractivity contribution in [1.82, 2.24) is 9.97 Å². The van der Waals surface area contributed by atoms with Gasteiger partial charge in [-0.15, -0.1) is 0 Å². The Bertz CT molecular complexity index is 1310. The molecule has 0 fully saturated rings. The molecule has 0 saturated heterocycles. The molecule has 2 aromatic heterocycles. The molecule has 0 spiro atoms. The van der Waals surface area contributed by atoms with E-state index in [1.54, 1.807) is 24.3 Å². The second-order valence-corrected chi connectivity index (χ2v) is 9.46. The number of anilines is 2. The maximum absolute atomic E-state index is 13.7. The van der Waals surface area contributed by atoms with E-state index in [2.05, 4.69) is 21.3 Å². The third-order valence-corrected chi connectivity index (χ3v) is 6.66. The van der Waals surface area contributed by atoms with Crippen molar-refractivity contribution >= 4 is 27.7 Å². The lowest BCUT2D eigenvalue weighted by Crippen LogP contribution is -2.26. The fraction of sp³-hybridized carbons (Fsp3) is 0.280.